The molecule has 0 amide bonds. The number of nitrogens with zero attached hydrogens (tertiary/aromatic N) is 6. The molecule has 4 aromatic heterocycles. The second kappa shape index (κ2) is 7.03. The lowest BCUT2D eigenvalue weighted by atomic mass is 10.0. The fourth-order valence-corrected chi connectivity index (χ4v) is 4.51. The van der Waals surface area contributed by atoms with Gasteiger partial charge >= 0.3 is 0 Å². The molecule has 9 heteroatoms. The topological polar surface area (TPSA) is 70.7 Å². The fourth-order valence-electron chi connectivity index (χ4n) is 4.26. The maximum atomic E-state index is 14.7. The van der Waals surface area contributed by atoms with Crippen LogP contribution in [0, 0.1) is 18.8 Å². The lowest BCUT2D eigenvalue weighted by Gasteiger charge is -2.23. The zero-order valence-corrected chi connectivity index (χ0v) is 16.9. The zero-order valence-electron chi connectivity index (χ0n) is 16.2. The van der Waals surface area contributed by atoms with Gasteiger partial charge in [-0.25, -0.2) is 9.67 Å². The lowest BCUT2D eigenvalue weighted by molar-refractivity contribution is 0.0620. The molecule has 1 aliphatic heterocycles. The number of ether oxygens (including phenoxy) is 1. The predicted octanol–water partition coefficient (Wildman–Crippen LogP) is 3.91. The number of rotatable bonds is 3. The molecule has 0 N–H and O–H groups in total. The van der Waals surface area contributed by atoms with Gasteiger partial charge in [0, 0.05) is 38.6 Å². The molecule has 0 saturated carbocycles. The zero-order chi connectivity index (χ0) is 20.1. The smallest absolute Gasteiger partial charge is 0.224 e. The molecule has 1 saturated heterocycles. The monoisotopic (exact) mass is 414 g/mol. The maximum Gasteiger partial charge on any atom is 0.224 e. The van der Waals surface area contributed by atoms with Crippen molar-refractivity contribution < 1.29 is 9.13 Å². The van der Waals surface area contributed by atoms with Gasteiger partial charge in [-0.05, 0) is 31.7 Å². The highest BCUT2D eigenvalue weighted by Gasteiger charge is 2.23. The van der Waals surface area contributed by atoms with Gasteiger partial charge in [-0.15, -0.1) is 5.10 Å². The van der Waals surface area contributed by atoms with Crippen molar-refractivity contribution in [2.24, 2.45) is 13.0 Å². The van der Waals surface area contributed by atoms with Crippen molar-refractivity contribution in [2.45, 2.75) is 26.3 Å². The van der Waals surface area contributed by atoms with Gasteiger partial charge in [-0.3, -0.25) is 4.98 Å². The maximum absolute atomic E-state index is 14.7. The molecule has 29 heavy (non-hydrogen) atoms. The van der Waals surface area contributed by atoms with Crippen LogP contribution >= 0.6 is 11.6 Å². The molecule has 0 atom stereocenters. The van der Waals surface area contributed by atoms with E-state index in [1.165, 1.54) is 6.20 Å². The van der Waals surface area contributed by atoms with Crippen LogP contribution in [-0.4, -0.2) is 42.7 Å². The lowest BCUT2D eigenvalue weighted by Crippen LogP contribution is -2.20. The van der Waals surface area contributed by atoms with Gasteiger partial charge in [0.2, 0.25) is 5.95 Å². The Kier molecular flexibility index (Phi) is 4.48. The number of aryl methyl sites for hydroxylation is 2. The number of hydrogen-bond donors (Lipinski definition) is 0. The van der Waals surface area contributed by atoms with Crippen LogP contribution in [-0.2, 0) is 18.3 Å². The van der Waals surface area contributed by atoms with Crippen molar-refractivity contribution in [3.63, 3.8) is 0 Å². The summed E-state index contributed by atoms with van der Waals surface area (Å²) in [5.41, 5.74) is 4.61. The second-order valence-electron chi connectivity index (χ2n) is 7.53. The van der Waals surface area contributed by atoms with E-state index >= 15 is 0 Å². The van der Waals surface area contributed by atoms with Crippen molar-refractivity contribution in [3.8, 4) is 11.3 Å². The summed E-state index contributed by atoms with van der Waals surface area (Å²) in [4.78, 5) is 8.43. The minimum Gasteiger partial charge on any atom is -0.381 e. The molecular formula is C20H20ClFN6O. The Morgan fingerprint density at radius 1 is 1.24 bits per heavy atom. The van der Waals surface area contributed by atoms with Gasteiger partial charge in [-0.2, -0.15) is 4.39 Å². The summed E-state index contributed by atoms with van der Waals surface area (Å²) < 4.78 is 24.0. The Balaban J connectivity index is 1.77. The largest absolute Gasteiger partial charge is 0.381 e. The Morgan fingerprint density at radius 2 is 2.03 bits per heavy atom. The average molecular weight is 415 g/mol. The summed E-state index contributed by atoms with van der Waals surface area (Å²) in [6, 6.07) is 2.02. The van der Waals surface area contributed by atoms with Crippen molar-refractivity contribution in [1.29, 1.82) is 0 Å². The predicted molar refractivity (Wildman–Crippen MR) is 108 cm³/mol. The van der Waals surface area contributed by atoms with Gasteiger partial charge in [-0.1, -0.05) is 16.8 Å². The van der Waals surface area contributed by atoms with Gasteiger partial charge in [0.05, 0.1) is 39.0 Å². The van der Waals surface area contributed by atoms with E-state index in [1.54, 1.807) is 10.9 Å². The van der Waals surface area contributed by atoms with Gasteiger partial charge in [0.15, 0.2) is 0 Å². The highest BCUT2D eigenvalue weighted by Crippen LogP contribution is 2.36. The summed E-state index contributed by atoms with van der Waals surface area (Å²) in [5, 5.41) is 9.01. The molecule has 0 unspecified atom stereocenters. The van der Waals surface area contributed by atoms with Crippen molar-refractivity contribution in [3.05, 3.63) is 35.1 Å². The van der Waals surface area contributed by atoms with Crippen LogP contribution in [0.1, 0.15) is 18.5 Å². The summed E-state index contributed by atoms with van der Waals surface area (Å²) in [5.74, 6) is -0.127. The third-order valence-electron chi connectivity index (χ3n) is 5.68. The first kappa shape index (κ1) is 18.4. The van der Waals surface area contributed by atoms with E-state index in [1.807, 2.05) is 20.0 Å². The SMILES string of the molecule is Cc1nnn(C)c1-c1cnc2c3c(F)ncc(Cl)c3n(CC3CCOCC3)c2c1. The first-order valence-corrected chi connectivity index (χ1v) is 9.98. The van der Waals surface area contributed by atoms with Crippen LogP contribution in [0.4, 0.5) is 4.39 Å². The third-order valence-corrected chi connectivity index (χ3v) is 5.95. The molecule has 1 aliphatic rings. The van der Waals surface area contributed by atoms with Crippen LogP contribution in [0.3, 0.4) is 0 Å². The molecule has 0 radical (unpaired) electrons. The van der Waals surface area contributed by atoms with Crippen LogP contribution < -0.4 is 0 Å². The van der Waals surface area contributed by atoms with Crippen molar-refractivity contribution >= 4 is 33.5 Å². The quantitative estimate of drug-likeness (QED) is 0.475. The van der Waals surface area contributed by atoms with E-state index in [4.69, 9.17) is 16.3 Å². The minimum atomic E-state index is -0.557. The summed E-state index contributed by atoms with van der Waals surface area (Å²) in [6.07, 6.45) is 5.02. The molecule has 0 aliphatic carbocycles. The molecule has 5 rings (SSSR count). The molecule has 0 aromatic carbocycles. The molecule has 0 bridgehead atoms. The minimum absolute atomic E-state index is 0.367. The van der Waals surface area contributed by atoms with E-state index in [-0.39, 0.29) is 0 Å². The number of aromatic nitrogens is 6. The molecule has 1 fully saturated rings. The first-order valence-electron chi connectivity index (χ1n) is 9.61. The van der Waals surface area contributed by atoms with E-state index < -0.39 is 5.95 Å². The molecule has 5 heterocycles. The van der Waals surface area contributed by atoms with E-state index in [0.717, 1.165) is 55.1 Å². The molecule has 4 aromatic rings. The van der Waals surface area contributed by atoms with E-state index in [9.17, 15) is 4.39 Å². The van der Waals surface area contributed by atoms with Crippen molar-refractivity contribution in [2.75, 3.05) is 13.2 Å². The van der Waals surface area contributed by atoms with Crippen LogP contribution in [0.25, 0.3) is 33.2 Å². The third kappa shape index (κ3) is 2.98. The second-order valence-corrected chi connectivity index (χ2v) is 7.93. The number of halogens is 2. The van der Waals surface area contributed by atoms with E-state index in [2.05, 4.69) is 24.8 Å². The molecular weight excluding hydrogens is 395 g/mol. The van der Waals surface area contributed by atoms with Gasteiger partial charge < -0.3 is 9.30 Å². The Morgan fingerprint density at radius 3 is 2.76 bits per heavy atom. The van der Waals surface area contributed by atoms with Crippen LogP contribution in [0.2, 0.25) is 5.02 Å². The van der Waals surface area contributed by atoms with Crippen molar-refractivity contribution in [1.82, 2.24) is 29.5 Å². The Bertz CT molecular complexity index is 1210. The van der Waals surface area contributed by atoms with Crippen LogP contribution in [0.15, 0.2) is 18.5 Å². The highest BCUT2D eigenvalue weighted by molar-refractivity contribution is 6.36. The molecule has 150 valence electrons. The Labute approximate surface area is 171 Å². The standard InChI is InChI=1S/C20H20ClFN6O/c1-11-18(27(2)26-25-11)13-7-15-17(23-8-13)16-19(14(21)9-24-20(16)22)28(15)10-12-3-5-29-6-4-12/h7-9,12H,3-6,10H2,1-2H3. The average Bonchev–Trinajstić information content (AvgIpc) is 3.23. The number of hydrogen-bond acceptors (Lipinski definition) is 5. The number of fused-ring (bicyclic) bond motifs is 3. The summed E-state index contributed by atoms with van der Waals surface area (Å²) in [6.45, 7) is 4.12. The molecule has 0 spiro atoms. The van der Waals surface area contributed by atoms with Gasteiger partial charge in [0.25, 0.3) is 0 Å². The number of pyridine rings is 2. The summed E-state index contributed by atoms with van der Waals surface area (Å²) >= 11 is 6.49. The van der Waals surface area contributed by atoms with Crippen LogP contribution in [0.5, 0.6) is 0 Å². The highest BCUT2D eigenvalue weighted by atomic mass is 35.5. The fraction of sp³-hybridized carbons (Fsp3) is 0.400. The normalized spacial score (nSPS) is 15.6. The molecule has 7 nitrogen and oxygen atoms in total. The van der Waals surface area contributed by atoms with Gasteiger partial charge in [0.1, 0.15) is 5.52 Å². The van der Waals surface area contributed by atoms with E-state index in [0.29, 0.717) is 27.4 Å². The first-order chi connectivity index (χ1) is 14.0. The Hall–Kier alpha value is -2.58. The summed E-state index contributed by atoms with van der Waals surface area (Å²) in [7, 11) is 1.84.